The first kappa shape index (κ1) is 14.3. The van der Waals surface area contributed by atoms with Gasteiger partial charge in [-0.25, -0.2) is 0 Å². The molecule has 1 aromatic rings. The molecule has 6 heteroatoms. The molecule has 0 aromatic heterocycles. The highest BCUT2D eigenvalue weighted by molar-refractivity contribution is 6.00. The van der Waals surface area contributed by atoms with E-state index in [0.29, 0.717) is 30.3 Å². The Morgan fingerprint density at radius 1 is 1.50 bits per heavy atom. The summed E-state index contributed by atoms with van der Waals surface area (Å²) in [5.41, 5.74) is 0.949. The number of nitro groups is 1. The summed E-state index contributed by atoms with van der Waals surface area (Å²) in [4.78, 5) is 24.5. The van der Waals surface area contributed by atoms with Gasteiger partial charge in [0.25, 0.3) is 11.6 Å². The molecule has 6 nitrogen and oxygen atoms in total. The average molecular weight is 277 g/mol. The highest BCUT2D eigenvalue weighted by Crippen LogP contribution is 2.30. The molecule has 0 bridgehead atoms. The van der Waals surface area contributed by atoms with Crippen LogP contribution in [0.25, 0.3) is 0 Å². The van der Waals surface area contributed by atoms with Crippen molar-refractivity contribution in [3.8, 4) is 0 Å². The number of amides is 1. The molecule has 20 heavy (non-hydrogen) atoms. The summed E-state index contributed by atoms with van der Waals surface area (Å²) in [5, 5.41) is 13.9. The fraction of sp³-hybridized carbons (Fsp3) is 0.500. The molecule has 0 aliphatic heterocycles. The normalized spacial score (nSPS) is 13.9. The molecule has 1 aromatic carbocycles. The minimum absolute atomic E-state index is 0.0603. The molecule has 1 saturated carbocycles. The molecule has 0 heterocycles. The molecule has 1 N–H and O–H groups in total. The van der Waals surface area contributed by atoms with Crippen LogP contribution >= 0.6 is 0 Å². The lowest BCUT2D eigenvalue weighted by molar-refractivity contribution is -0.384. The number of anilines is 1. The first-order chi connectivity index (χ1) is 9.52. The lowest BCUT2D eigenvalue weighted by Gasteiger charge is -2.19. The molecule has 0 atom stereocenters. The summed E-state index contributed by atoms with van der Waals surface area (Å²) in [6.07, 6.45) is 2.32. The van der Waals surface area contributed by atoms with Crippen LogP contribution in [0.4, 0.5) is 11.4 Å². The van der Waals surface area contributed by atoms with Gasteiger partial charge in [0, 0.05) is 38.0 Å². The van der Waals surface area contributed by atoms with Crippen LogP contribution < -0.4 is 5.32 Å². The molecule has 108 valence electrons. The third-order valence-electron chi connectivity index (χ3n) is 3.39. The van der Waals surface area contributed by atoms with Gasteiger partial charge in [-0.1, -0.05) is 0 Å². The number of rotatable bonds is 6. The van der Waals surface area contributed by atoms with Gasteiger partial charge in [-0.15, -0.1) is 0 Å². The van der Waals surface area contributed by atoms with Gasteiger partial charge in [0.2, 0.25) is 0 Å². The number of non-ortho nitro benzene ring substituents is 1. The number of hydrogen-bond donors (Lipinski definition) is 1. The number of carbonyl (C=O) groups excluding carboxylic acids is 1. The third-order valence-corrected chi connectivity index (χ3v) is 3.39. The first-order valence-electron chi connectivity index (χ1n) is 6.80. The molecule has 0 saturated heterocycles. The number of hydrogen-bond acceptors (Lipinski definition) is 4. The van der Waals surface area contributed by atoms with Crippen molar-refractivity contribution in [3.05, 3.63) is 33.9 Å². The summed E-state index contributed by atoms with van der Waals surface area (Å²) >= 11 is 0. The lowest BCUT2D eigenvalue weighted by Crippen LogP contribution is -2.29. The van der Waals surface area contributed by atoms with Crippen molar-refractivity contribution < 1.29 is 9.72 Å². The molecule has 1 fully saturated rings. The van der Waals surface area contributed by atoms with Crippen LogP contribution in [0.5, 0.6) is 0 Å². The Labute approximate surface area is 117 Å². The number of nitrogens with one attached hydrogen (secondary N) is 1. The maximum absolute atomic E-state index is 12.4. The predicted molar refractivity (Wildman–Crippen MR) is 76.9 cm³/mol. The van der Waals surface area contributed by atoms with Crippen molar-refractivity contribution in [1.29, 1.82) is 0 Å². The van der Waals surface area contributed by atoms with Crippen molar-refractivity contribution in [2.24, 2.45) is 5.92 Å². The third kappa shape index (κ3) is 3.26. The summed E-state index contributed by atoms with van der Waals surface area (Å²) in [6.45, 7) is 3.29. The van der Waals surface area contributed by atoms with E-state index in [1.807, 2.05) is 6.92 Å². The zero-order chi connectivity index (χ0) is 14.7. The molecule has 2 rings (SSSR count). The van der Waals surface area contributed by atoms with Crippen molar-refractivity contribution in [1.82, 2.24) is 4.90 Å². The van der Waals surface area contributed by atoms with Crippen molar-refractivity contribution in [2.75, 3.05) is 25.5 Å². The number of nitrogens with zero attached hydrogens (tertiary/aromatic N) is 2. The number of nitro benzene ring substituents is 1. The van der Waals surface area contributed by atoms with Gasteiger partial charge in [-0.3, -0.25) is 14.9 Å². The Bertz CT molecular complexity index is 526. The standard InChI is InChI=1S/C14H19N3O3/c1-3-15-13-7-6-11(17(19)20)8-12(13)14(18)16(2)9-10-4-5-10/h6-8,10,15H,3-5,9H2,1-2H3. The second-order valence-corrected chi connectivity index (χ2v) is 5.15. The zero-order valence-corrected chi connectivity index (χ0v) is 11.8. The number of benzene rings is 1. The van der Waals surface area contributed by atoms with Gasteiger partial charge in [0.15, 0.2) is 0 Å². The van der Waals surface area contributed by atoms with Gasteiger partial charge < -0.3 is 10.2 Å². The van der Waals surface area contributed by atoms with Gasteiger partial charge in [-0.05, 0) is 31.7 Å². The quantitative estimate of drug-likeness (QED) is 0.640. The van der Waals surface area contributed by atoms with Crippen LogP contribution in [0.3, 0.4) is 0 Å². The number of carbonyl (C=O) groups is 1. The first-order valence-corrected chi connectivity index (χ1v) is 6.80. The van der Waals surface area contributed by atoms with Gasteiger partial charge in [-0.2, -0.15) is 0 Å². The monoisotopic (exact) mass is 277 g/mol. The highest BCUT2D eigenvalue weighted by atomic mass is 16.6. The Morgan fingerprint density at radius 2 is 2.20 bits per heavy atom. The maximum atomic E-state index is 12.4. The van der Waals surface area contributed by atoms with Gasteiger partial charge in [0.1, 0.15) is 0 Å². The van der Waals surface area contributed by atoms with E-state index in [1.54, 1.807) is 18.0 Å². The molecule has 0 spiro atoms. The Hall–Kier alpha value is -2.11. The van der Waals surface area contributed by atoms with E-state index in [9.17, 15) is 14.9 Å². The summed E-state index contributed by atoms with van der Waals surface area (Å²) in [7, 11) is 1.75. The zero-order valence-electron chi connectivity index (χ0n) is 11.8. The van der Waals surface area contributed by atoms with Crippen LogP contribution in [0.15, 0.2) is 18.2 Å². The molecule has 0 unspecified atom stereocenters. The van der Waals surface area contributed by atoms with E-state index >= 15 is 0 Å². The Kier molecular flexibility index (Phi) is 4.22. The fourth-order valence-corrected chi connectivity index (χ4v) is 2.14. The molecule has 1 amide bonds. The SMILES string of the molecule is CCNc1ccc([N+](=O)[O-])cc1C(=O)N(C)CC1CC1. The van der Waals surface area contributed by atoms with Gasteiger partial charge in [0.05, 0.1) is 10.5 Å². The lowest BCUT2D eigenvalue weighted by atomic mass is 10.1. The predicted octanol–water partition coefficient (Wildman–Crippen LogP) is 2.51. The van der Waals surface area contributed by atoms with Crippen LogP contribution in [-0.2, 0) is 0 Å². The van der Waals surface area contributed by atoms with Crippen LogP contribution in [0, 0.1) is 16.0 Å². The van der Waals surface area contributed by atoms with Crippen LogP contribution in [0.2, 0.25) is 0 Å². The highest BCUT2D eigenvalue weighted by Gasteiger charge is 2.26. The van der Waals surface area contributed by atoms with Crippen LogP contribution in [-0.4, -0.2) is 35.9 Å². The average Bonchev–Trinajstić information content (AvgIpc) is 3.22. The van der Waals surface area contributed by atoms with Crippen molar-refractivity contribution >= 4 is 17.3 Å². The Morgan fingerprint density at radius 3 is 2.75 bits per heavy atom. The van der Waals surface area contributed by atoms with Crippen molar-refractivity contribution in [2.45, 2.75) is 19.8 Å². The minimum Gasteiger partial charge on any atom is -0.385 e. The molecule has 0 radical (unpaired) electrons. The fourth-order valence-electron chi connectivity index (χ4n) is 2.14. The summed E-state index contributed by atoms with van der Waals surface area (Å²) < 4.78 is 0. The van der Waals surface area contributed by atoms with Gasteiger partial charge >= 0.3 is 0 Å². The van der Waals surface area contributed by atoms with E-state index < -0.39 is 4.92 Å². The summed E-state index contributed by atoms with van der Waals surface area (Å²) in [6, 6.07) is 4.36. The van der Waals surface area contributed by atoms with Crippen molar-refractivity contribution in [3.63, 3.8) is 0 Å². The second kappa shape index (κ2) is 5.90. The topological polar surface area (TPSA) is 75.5 Å². The molecule has 1 aliphatic rings. The van der Waals surface area contributed by atoms with E-state index in [4.69, 9.17) is 0 Å². The summed E-state index contributed by atoms with van der Waals surface area (Å²) in [5.74, 6) is 0.418. The minimum atomic E-state index is -0.479. The van der Waals surface area contributed by atoms with Crippen LogP contribution in [0.1, 0.15) is 30.1 Å². The molecular weight excluding hydrogens is 258 g/mol. The smallest absolute Gasteiger partial charge is 0.270 e. The van der Waals surface area contributed by atoms with E-state index in [-0.39, 0.29) is 11.6 Å². The van der Waals surface area contributed by atoms with E-state index in [0.717, 1.165) is 12.8 Å². The molecule has 1 aliphatic carbocycles. The van der Waals surface area contributed by atoms with E-state index in [1.165, 1.54) is 12.1 Å². The maximum Gasteiger partial charge on any atom is 0.270 e. The second-order valence-electron chi connectivity index (χ2n) is 5.15. The molecular formula is C14H19N3O3. The Balaban J connectivity index is 2.27. The van der Waals surface area contributed by atoms with E-state index in [2.05, 4.69) is 5.32 Å². The largest absolute Gasteiger partial charge is 0.385 e.